The van der Waals surface area contributed by atoms with Crippen molar-refractivity contribution in [2.75, 3.05) is 39.9 Å². The minimum Gasteiger partial charge on any atom is -0.383 e. The lowest BCUT2D eigenvalue weighted by molar-refractivity contribution is 0.179. The van der Waals surface area contributed by atoms with E-state index in [1.807, 2.05) is 6.92 Å². The Labute approximate surface area is 105 Å². The van der Waals surface area contributed by atoms with Gasteiger partial charge in [-0.25, -0.2) is 5.84 Å². The molecule has 102 valence electrons. The second-order valence-corrected chi connectivity index (χ2v) is 3.90. The molecule has 0 aromatic heterocycles. The summed E-state index contributed by atoms with van der Waals surface area (Å²) in [5.74, 6) is 6.01. The van der Waals surface area contributed by atoms with Gasteiger partial charge in [0, 0.05) is 19.7 Å². The van der Waals surface area contributed by atoms with Gasteiger partial charge in [0.1, 0.15) is 0 Å². The molecule has 1 atom stereocenters. The maximum absolute atomic E-state index is 5.40. The molecule has 0 aromatic rings. The molecule has 0 saturated heterocycles. The lowest BCUT2D eigenvalue weighted by atomic mass is 10.4. The first-order valence-corrected chi connectivity index (χ1v) is 6.16. The number of hydrogen-bond acceptors (Lipinski definition) is 4. The van der Waals surface area contributed by atoms with E-state index >= 15 is 0 Å². The summed E-state index contributed by atoms with van der Waals surface area (Å²) < 4.78 is 5.03. The van der Waals surface area contributed by atoms with E-state index in [0.29, 0.717) is 12.6 Å². The quantitative estimate of drug-likeness (QED) is 0.238. The van der Waals surface area contributed by atoms with Crippen molar-refractivity contribution >= 4 is 5.96 Å². The molecule has 0 radical (unpaired) electrons. The summed E-state index contributed by atoms with van der Waals surface area (Å²) in [6, 6.07) is 0.184. The number of ether oxygens (including phenoxy) is 1. The second kappa shape index (κ2) is 10.3. The minimum atomic E-state index is 0.184. The summed E-state index contributed by atoms with van der Waals surface area (Å²) in [4.78, 5) is 6.69. The highest BCUT2D eigenvalue weighted by molar-refractivity contribution is 5.79. The third-order valence-electron chi connectivity index (χ3n) is 2.52. The third kappa shape index (κ3) is 7.95. The number of nitrogens with two attached hydrogens (primary N) is 1. The molecule has 0 fully saturated rings. The van der Waals surface area contributed by atoms with E-state index in [1.165, 1.54) is 0 Å². The Hall–Kier alpha value is -0.850. The molecule has 0 saturated carbocycles. The summed E-state index contributed by atoms with van der Waals surface area (Å²) in [6.45, 7) is 10.7. The standard InChI is InChI=1S/C11H27N5O/c1-5-16(6-2)8-7-13-11(15-12)14-10(3)9-17-4/h10H,5-9,12H2,1-4H3,(H2,13,14,15). The van der Waals surface area contributed by atoms with E-state index in [9.17, 15) is 0 Å². The second-order valence-electron chi connectivity index (χ2n) is 3.90. The fraction of sp³-hybridized carbons (Fsp3) is 0.909. The van der Waals surface area contributed by atoms with Crippen LogP contribution in [-0.2, 0) is 4.74 Å². The molecule has 0 spiro atoms. The third-order valence-corrected chi connectivity index (χ3v) is 2.52. The van der Waals surface area contributed by atoms with Crippen LogP contribution < -0.4 is 16.6 Å². The van der Waals surface area contributed by atoms with E-state index < -0.39 is 0 Å². The molecule has 0 aliphatic carbocycles. The van der Waals surface area contributed by atoms with Crippen LogP contribution in [0, 0.1) is 0 Å². The first-order chi connectivity index (χ1) is 8.17. The monoisotopic (exact) mass is 245 g/mol. The fourth-order valence-corrected chi connectivity index (χ4v) is 1.50. The van der Waals surface area contributed by atoms with E-state index in [-0.39, 0.29) is 6.04 Å². The number of methoxy groups -OCH3 is 1. The maximum Gasteiger partial charge on any atom is 0.206 e. The van der Waals surface area contributed by atoms with Crippen LogP contribution in [0.1, 0.15) is 20.8 Å². The maximum atomic E-state index is 5.40. The van der Waals surface area contributed by atoms with Gasteiger partial charge in [-0.2, -0.15) is 0 Å². The van der Waals surface area contributed by atoms with Crippen molar-refractivity contribution in [3.05, 3.63) is 0 Å². The zero-order valence-electron chi connectivity index (χ0n) is 11.5. The van der Waals surface area contributed by atoms with E-state index in [1.54, 1.807) is 7.11 Å². The lowest BCUT2D eigenvalue weighted by Crippen LogP contribution is -2.47. The van der Waals surface area contributed by atoms with Crippen LogP contribution in [0.4, 0.5) is 0 Å². The van der Waals surface area contributed by atoms with Crippen LogP contribution in [0.5, 0.6) is 0 Å². The first-order valence-electron chi connectivity index (χ1n) is 6.16. The Bertz CT molecular complexity index is 206. The molecular weight excluding hydrogens is 218 g/mol. The van der Waals surface area contributed by atoms with Crippen LogP contribution in [0.15, 0.2) is 4.99 Å². The molecule has 0 aliphatic rings. The fourth-order valence-electron chi connectivity index (χ4n) is 1.50. The van der Waals surface area contributed by atoms with Crippen LogP contribution >= 0.6 is 0 Å². The molecule has 0 amide bonds. The number of hydrogen-bond donors (Lipinski definition) is 3. The van der Waals surface area contributed by atoms with Crippen molar-refractivity contribution < 1.29 is 4.74 Å². The van der Waals surface area contributed by atoms with E-state index in [4.69, 9.17) is 10.6 Å². The van der Waals surface area contributed by atoms with Crippen molar-refractivity contribution in [3.8, 4) is 0 Å². The van der Waals surface area contributed by atoms with Crippen molar-refractivity contribution in [3.63, 3.8) is 0 Å². The molecule has 6 heteroatoms. The minimum absolute atomic E-state index is 0.184. The number of hydrazine groups is 1. The Kier molecular flexibility index (Phi) is 9.80. The van der Waals surface area contributed by atoms with Crippen molar-refractivity contribution in [1.82, 2.24) is 15.6 Å². The molecule has 1 unspecified atom stereocenters. The molecule has 4 N–H and O–H groups in total. The van der Waals surface area contributed by atoms with Crippen LogP contribution in [0.2, 0.25) is 0 Å². The number of guanidine groups is 1. The summed E-state index contributed by atoms with van der Waals surface area (Å²) in [6.07, 6.45) is 0. The van der Waals surface area contributed by atoms with Gasteiger partial charge in [-0.3, -0.25) is 10.4 Å². The Morgan fingerprint density at radius 1 is 1.41 bits per heavy atom. The number of nitrogens with zero attached hydrogens (tertiary/aromatic N) is 2. The van der Waals surface area contributed by atoms with Gasteiger partial charge in [-0.05, 0) is 20.0 Å². The highest BCUT2D eigenvalue weighted by atomic mass is 16.5. The molecule has 6 nitrogen and oxygen atoms in total. The predicted molar refractivity (Wildman–Crippen MR) is 71.9 cm³/mol. The van der Waals surface area contributed by atoms with Crippen molar-refractivity contribution in [2.24, 2.45) is 10.8 Å². The number of aliphatic imine (C=N–C) groups is 1. The largest absolute Gasteiger partial charge is 0.383 e. The number of likely N-dealkylation sites (N-methyl/N-ethyl adjacent to an activating group) is 1. The van der Waals surface area contributed by atoms with Gasteiger partial charge in [-0.15, -0.1) is 0 Å². The topological polar surface area (TPSA) is 74.9 Å². The lowest BCUT2D eigenvalue weighted by Gasteiger charge is -2.18. The average Bonchev–Trinajstić information content (AvgIpc) is 2.33. The first kappa shape index (κ1) is 16.1. The molecule has 0 aromatic carbocycles. The normalized spacial score (nSPS) is 13.9. The molecule has 0 rings (SSSR count). The van der Waals surface area contributed by atoms with Gasteiger partial charge in [0.05, 0.1) is 13.2 Å². The van der Waals surface area contributed by atoms with Gasteiger partial charge in [0.15, 0.2) is 0 Å². The van der Waals surface area contributed by atoms with Gasteiger partial charge in [0.25, 0.3) is 0 Å². The molecule has 0 heterocycles. The average molecular weight is 245 g/mol. The Morgan fingerprint density at radius 3 is 2.53 bits per heavy atom. The Balaban J connectivity index is 3.99. The highest BCUT2D eigenvalue weighted by Crippen LogP contribution is 1.87. The molecular formula is C11H27N5O. The van der Waals surface area contributed by atoms with Gasteiger partial charge in [0.2, 0.25) is 5.96 Å². The zero-order chi connectivity index (χ0) is 13.1. The van der Waals surface area contributed by atoms with Crippen molar-refractivity contribution in [2.45, 2.75) is 26.8 Å². The van der Waals surface area contributed by atoms with Gasteiger partial charge in [-0.1, -0.05) is 13.8 Å². The highest BCUT2D eigenvalue weighted by Gasteiger charge is 2.03. The Morgan fingerprint density at radius 2 is 2.06 bits per heavy atom. The smallest absolute Gasteiger partial charge is 0.206 e. The molecule has 0 bridgehead atoms. The summed E-state index contributed by atoms with van der Waals surface area (Å²) in [5.41, 5.74) is 2.57. The van der Waals surface area contributed by atoms with Crippen LogP contribution in [0.25, 0.3) is 0 Å². The van der Waals surface area contributed by atoms with Crippen LogP contribution in [-0.4, -0.2) is 56.8 Å². The predicted octanol–water partition coefficient (Wildman–Crippen LogP) is -0.228. The molecule has 0 aliphatic heterocycles. The number of rotatable bonds is 8. The summed E-state index contributed by atoms with van der Waals surface area (Å²) in [5, 5.41) is 3.15. The van der Waals surface area contributed by atoms with Crippen LogP contribution in [0.3, 0.4) is 0 Å². The van der Waals surface area contributed by atoms with Gasteiger partial charge < -0.3 is 15.0 Å². The van der Waals surface area contributed by atoms with E-state index in [0.717, 1.165) is 26.2 Å². The zero-order valence-corrected chi connectivity index (χ0v) is 11.5. The SMILES string of the molecule is CCN(CC)CCN=C(NN)NC(C)COC. The summed E-state index contributed by atoms with van der Waals surface area (Å²) >= 11 is 0. The van der Waals surface area contributed by atoms with Gasteiger partial charge >= 0.3 is 0 Å². The molecule has 17 heavy (non-hydrogen) atoms. The number of nitrogens with one attached hydrogen (secondary N) is 2. The summed E-state index contributed by atoms with van der Waals surface area (Å²) in [7, 11) is 1.67. The van der Waals surface area contributed by atoms with Crippen molar-refractivity contribution in [1.29, 1.82) is 0 Å². The van der Waals surface area contributed by atoms with E-state index in [2.05, 4.69) is 34.5 Å².